The van der Waals surface area contributed by atoms with Crippen molar-refractivity contribution in [3.63, 3.8) is 0 Å². The Balaban J connectivity index is 1.94. The third kappa shape index (κ3) is 1.66. The maximum absolute atomic E-state index is 10.0. The number of rotatable bonds is 4. The first kappa shape index (κ1) is 8.55. The van der Waals surface area contributed by atoms with Crippen molar-refractivity contribution in [3.8, 4) is 0 Å². The first-order chi connectivity index (χ1) is 5.70. The van der Waals surface area contributed by atoms with Gasteiger partial charge in [0.2, 0.25) is 0 Å². The molecule has 2 aliphatic carbocycles. The van der Waals surface area contributed by atoms with Crippen LogP contribution in [-0.2, 0) is 0 Å². The lowest BCUT2D eigenvalue weighted by Crippen LogP contribution is -2.29. The SMILES string of the molecule is CC(C)C(O)C(C1CC1)C1CC1. The lowest BCUT2D eigenvalue weighted by atomic mass is 9.85. The molecule has 1 atom stereocenters. The van der Waals surface area contributed by atoms with E-state index in [0.29, 0.717) is 11.8 Å². The van der Waals surface area contributed by atoms with Crippen LogP contribution in [0, 0.1) is 23.7 Å². The average Bonchev–Trinajstić information content (AvgIpc) is 2.81. The van der Waals surface area contributed by atoms with E-state index < -0.39 is 0 Å². The Labute approximate surface area is 75.2 Å². The minimum atomic E-state index is -0.0231. The van der Waals surface area contributed by atoms with E-state index in [9.17, 15) is 5.11 Å². The Hall–Kier alpha value is -0.0400. The molecule has 12 heavy (non-hydrogen) atoms. The van der Waals surface area contributed by atoms with Crippen molar-refractivity contribution < 1.29 is 5.11 Å². The molecule has 0 spiro atoms. The second-order valence-corrected chi connectivity index (χ2v) is 4.99. The number of aliphatic hydroxyl groups is 1. The van der Waals surface area contributed by atoms with Crippen LogP contribution >= 0.6 is 0 Å². The van der Waals surface area contributed by atoms with E-state index in [1.54, 1.807) is 0 Å². The average molecular weight is 168 g/mol. The molecule has 2 saturated carbocycles. The zero-order chi connectivity index (χ0) is 8.72. The van der Waals surface area contributed by atoms with Gasteiger partial charge in [-0.15, -0.1) is 0 Å². The number of hydrogen-bond donors (Lipinski definition) is 1. The molecule has 70 valence electrons. The van der Waals surface area contributed by atoms with Crippen molar-refractivity contribution in [2.45, 2.75) is 45.6 Å². The molecule has 2 aliphatic rings. The molecule has 1 nitrogen and oxygen atoms in total. The van der Waals surface area contributed by atoms with Gasteiger partial charge in [0.15, 0.2) is 0 Å². The summed E-state index contributed by atoms with van der Waals surface area (Å²) in [5, 5.41) is 10.0. The second kappa shape index (κ2) is 3.02. The van der Waals surface area contributed by atoms with Crippen molar-refractivity contribution >= 4 is 0 Å². The molecule has 0 heterocycles. The van der Waals surface area contributed by atoms with Crippen LogP contribution in [-0.4, -0.2) is 11.2 Å². The van der Waals surface area contributed by atoms with Crippen LogP contribution in [0.2, 0.25) is 0 Å². The van der Waals surface area contributed by atoms with Crippen molar-refractivity contribution in [3.05, 3.63) is 0 Å². The Morgan fingerprint density at radius 1 is 1.00 bits per heavy atom. The second-order valence-electron chi connectivity index (χ2n) is 4.99. The summed E-state index contributed by atoms with van der Waals surface area (Å²) in [5.74, 6) is 2.88. The highest BCUT2D eigenvalue weighted by Crippen LogP contribution is 2.51. The van der Waals surface area contributed by atoms with Gasteiger partial charge in [-0.1, -0.05) is 13.8 Å². The molecule has 1 unspecified atom stereocenters. The summed E-state index contributed by atoms with van der Waals surface area (Å²) >= 11 is 0. The van der Waals surface area contributed by atoms with Gasteiger partial charge in [-0.25, -0.2) is 0 Å². The molecule has 0 amide bonds. The summed E-state index contributed by atoms with van der Waals surface area (Å²) in [6.07, 6.45) is 5.50. The molecule has 0 aliphatic heterocycles. The highest BCUT2D eigenvalue weighted by Gasteiger charge is 2.45. The minimum absolute atomic E-state index is 0.0231. The van der Waals surface area contributed by atoms with Crippen LogP contribution in [0.15, 0.2) is 0 Å². The molecule has 0 radical (unpaired) electrons. The molecular weight excluding hydrogens is 148 g/mol. The molecule has 2 rings (SSSR count). The van der Waals surface area contributed by atoms with Crippen molar-refractivity contribution in [2.75, 3.05) is 0 Å². The fourth-order valence-corrected chi connectivity index (χ4v) is 2.35. The smallest absolute Gasteiger partial charge is 0.0596 e. The van der Waals surface area contributed by atoms with Crippen LogP contribution in [0.4, 0.5) is 0 Å². The highest BCUT2D eigenvalue weighted by molar-refractivity contribution is 4.95. The predicted molar refractivity (Wildman–Crippen MR) is 49.8 cm³/mol. The summed E-state index contributed by atoms with van der Waals surface area (Å²) in [7, 11) is 0. The maximum atomic E-state index is 10.0. The van der Waals surface area contributed by atoms with E-state index in [1.807, 2.05) is 0 Å². The summed E-state index contributed by atoms with van der Waals surface area (Å²) in [6, 6.07) is 0. The lowest BCUT2D eigenvalue weighted by molar-refractivity contribution is 0.0430. The Bertz CT molecular complexity index is 144. The first-order valence-corrected chi connectivity index (χ1v) is 5.38. The van der Waals surface area contributed by atoms with E-state index in [4.69, 9.17) is 0 Å². The van der Waals surface area contributed by atoms with Crippen LogP contribution < -0.4 is 0 Å². The largest absolute Gasteiger partial charge is 0.393 e. The van der Waals surface area contributed by atoms with Crippen LogP contribution in [0.3, 0.4) is 0 Å². The summed E-state index contributed by atoms with van der Waals surface area (Å²) in [6.45, 7) is 4.28. The van der Waals surface area contributed by atoms with Gasteiger partial charge in [-0.2, -0.15) is 0 Å². The molecular formula is C11H20O. The standard InChI is InChI=1S/C11H20O/c1-7(2)11(12)10(8-3-4-8)9-5-6-9/h7-12H,3-6H2,1-2H3. The minimum Gasteiger partial charge on any atom is -0.393 e. The summed E-state index contributed by atoms with van der Waals surface area (Å²) < 4.78 is 0. The van der Waals surface area contributed by atoms with E-state index in [1.165, 1.54) is 25.7 Å². The molecule has 1 N–H and O–H groups in total. The van der Waals surface area contributed by atoms with Crippen molar-refractivity contribution in [2.24, 2.45) is 23.7 Å². The van der Waals surface area contributed by atoms with Crippen molar-refractivity contribution in [1.29, 1.82) is 0 Å². The molecule has 0 aromatic rings. The van der Waals surface area contributed by atoms with Crippen LogP contribution in [0.1, 0.15) is 39.5 Å². The number of aliphatic hydroxyl groups excluding tert-OH is 1. The van der Waals surface area contributed by atoms with Gasteiger partial charge in [-0.3, -0.25) is 0 Å². The zero-order valence-electron chi connectivity index (χ0n) is 8.16. The van der Waals surface area contributed by atoms with Gasteiger partial charge >= 0.3 is 0 Å². The third-order valence-corrected chi connectivity index (χ3v) is 3.41. The lowest BCUT2D eigenvalue weighted by Gasteiger charge is -2.25. The van der Waals surface area contributed by atoms with Gasteiger partial charge in [0.05, 0.1) is 6.10 Å². The Morgan fingerprint density at radius 2 is 1.42 bits per heavy atom. The van der Waals surface area contributed by atoms with Crippen LogP contribution in [0.25, 0.3) is 0 Å². The molecule has 1 heteroatoms. The topological polar surface area (TPSA) is 20.2 Å². The van der Waals surface area contributed by atoms with Gasteiger partial charge in [0.25, 0.3) is 0 Å². The summed E-state index contributed by atoms with van der Waals surface area (Å²) in [4.78, 5) is 0. The summed E-state index contributed by atoms with van der Waals surface area (Å²) in [5.41, 5.74) is 0. The van der Waals surface area contributed by atoms with E-state index in [0.717, 1.165) is 11.8 Å². The monoisotopic (exact) mass is 168 g/mol. The predicted octanol–water partition coefficient (Wildman–Crippen LogP) is 2.44. The quantitative estimate of drug-likeness (QED) is 0.683. The Kier molecular flexibility index (Phi) is 2.16. The van der Waals surface area contributed by atoms with Crippen molar-refractivity contribution in [1.82, 2.24) is 0 Å². The first-order valence-electron chi connectivity index (χ1n) is 5.38. The van der Waals surface area contributed by atoms with E-state index in [-0.39, 0.29) is 6.10 Å². The Morgan fingerprint density at radius 3 is 1.67 bits per heavy atom. The van der Waals surface area contributed by atoms with Gasteiger partial charge in [-0.05, 0) is 49.4 Å². The highest BCUT2D eigenvalue weighted by atomic mass is 16.3. The molecule has 2 fully saturated rings. The van der Waals surface area contributed by atoms with Gasteiger partial charge in [0, 0.05) is 0 Å². The fourth-order valence-electron chi connectivity index (χ4n) is 2.35. The van der Waals surface area contributed by atoms with E-state index in [2.05, 4.69) is 13.8 Å². The van der Waals surface area contributed by atoms with Gasteiger partial charge < -0.3 is 5.11 Å². The molecule has 0 aromatic heterocycles. The molecule has 0 bridgehead atoms. The van der Waals surface area contributed by atoms with Gasteiger partial charge in [0.1, 0.15) is 0 Å². The zero-order valence-corrected chi connectivity index (χ0v) is 8.16. The normalized spacial score (nSPS) is 26.8. The van der Waals surface area contributed by atoms with E-state index >= 15 is 0 Å². The molecule has 0 aromatic carbocycles. The molecule has 0 saturated heterocycles. The van der Waals surface area contributed by atoms with Crippen LogP contribution in [0.5, 0.6) is 0 Å². The fraction of sp³-hybridized carbons (Fsp3) is 1.00. The maximum Gasteiger partial charge on any atom is 0.0596 e. The number of hydrogen-bond acceptors (Lipinski definition) is 1. The third-order valence-electron chi connectivity index (χ3n) is 3.41.